The Balaban J connectivity index is 2.30. The molecule has 1 heterocycles. The van der Waals surface area contributed by atoms with E-state index in [1.54, 1.807) is 0 Å². The standard InChI is InChI=1S/C14H24F6N4O2S/c1-21-12(22-7-3-2-6-13(15,16)17)23-10-11-4-8-24(9-5-11)27(25,26)14(18,19)20/h11H,2-10H2,1H3,(H2,21,22,23). The van der Waals surface area contributed by atoms with Gasteiger partial charge in [0.05, 0.1) is 0 Å². The van der Waals surface area contributed by atoms with Crippen LogP contribution in [0.25, 0.3) is 0 Å². The molecule has 0 bridgehead atoms. The van der Waals surface area contributed by atoms with Crippen molar-refractivity contribution in [1.82, 2.24) is 14.9 Å². The molecule has 27 heavy (non-hydrogen) atoms. The number of unbranched alkanes of at least 4 members (excludes halogenated alkanes) is 1. The van der Waals surface area contributed by atoms with Crippen LogP contribution in [-0.4, -0.2) is 63.6 Å². The van der Waals surface area contributed by atoms with Gasteiger partial charge < -0.3 is 10.6 Å². The van der Waals surface area contributed by atoms with E-state index >= 15 is 0 Å². The third-order valence-corrected chi connectivity index (χ3v) is 5.80. The zero-order valence-corrected chi connectivity index (χ0v) is 15.6. The van der Waals surface area contributed by atoms with Gasteiger partial charge in [0, 0.05) is 39.6 Å². The number of piperidine rings is 1. The molecule has 1 fully saturated rings. The zero-order chi connectivity index (χ0) is 20.7. The lowest BCUT2D eigenvalue weighted by Gasteiger charge is -2.31. The predicted molar refractivity (Wildman–Crippen MR) is 88.5 cm³/mol. The second-order valence-electron chi connectivity index (χ2n) is 6.25. The number of guanidine groups is 1. The van der Waals surface area contributed by atoms with Crippen LogP contribution in [0.2, 0.25) is 0 Å². The van der Waals surface area contributed by atoms with E-state index in [9.17, 15) is 34.8 Å². The van der Waals surface area contributed by atoms with Gasteiger partial charge in [-0.1, -0.05) is 0 Å². The Morgan fingerprint density at radius 1 is 1.07 bits per heavy atom. The Kier molecular flexibility index (Phi) is 8.64. The number of rotatable bonds is 7. The molecule has 160 valence electrons. The average molecular weight is 426 g/mol. The fourth-order valence-electron chi connectivity index (χ4n) is 2.62. The van der Waals surface area contributed by atoms with Crippen LogP contribution < -0.4 is 10.6 Å². The summed E-state index contributed by atoms with van der Waals surface area (Å²) in [6.07, 6.45) is -4.17. The summed E-state index contributed by atoms with van der Waals surface area (Å²) < 4.78 is 96.8. The second-order valence-corrected chi connectivity index (χ2v) is 8.17. The van der Waals surface area contributed by atoms with E-state index in [-0.39, 0.29) is 38.3 Å². The van der Waals surface area contributed by atoms with E-state index < -0.39 is 28.1 Å². The molecular weight excluding hydrogens is 402 g/mol. The minimum absolute atomic E-state index is 0.000364. The maximum atomic E-state index is 12.5. The molecule has 0 unspecified atom stereocenters. The van der Waals surface area contributed by atoms with Crippen LogP contribution in [0, 0.1) is 5.92 Å². The highest BCUT2D eigenvalue weighted by Gasteiger charge is 2.50. The summed E-state index contributed by atoms with van der Waals surface area (Å²) in [5.41, 5.74) is -5.30. The van der Waals surface area contributed by atoms with Crippen LogP contribution in [-0.2, 0) is 10.0 Å². The molecule has 0 atom stereocenters. The second kappa shape index (κ2) is 9.80. The number of sulfonamides is 1. The summed E-state index contributed by atoms with van der Waals surface area (Å²) in [6, 6.07) is 0. The Hall–Kier alpha value is -1.24. The molecule has 0 aromatic heterocycles. The summed E-state index contributed by atoms with van der Waals surface area (Å²) in [5, 5.41) is 5.82. The molecule has 13 heteroatoms. The molecule has 0 aliphatic carbocycles. The van der Waals surface area contributed by atoms with Crippen molar-refractivity contribution in [1.29, 1.82) is 0 Å². The molecule has 1 aliphatic rings. The number of alkyl halides is 6. The fourth-order valence-corrected chi connectivity index (χ4v) is 3.60. The highest BCUT2D eigenvalue weighted by molar-refractivity contribution is 7.90. The van der Waals surface area contributed by atoms with Gasteiger partial charge in [0.1, 0.15) is 0 Å². The van der Waals surface area contributed by atoms with Crippen molar-refractivity contribution >= 4 is 16.0 Å². The van der Waals surface area contributed by atoms with Crippen molar-refractivity contribution in [2.24, 2.45) is 10.9 Å². The van der Waals surface area contributed by atoms with Crippen LogP contribution >= 0.6 is 0 Å². The number of nitrogens with one attached hydrogen (secondary N) is 2. The van der Waals surface area contributed by atoms with Crippen LogP contribution in [0.1, 0.15) is 32.1 Å². The molecule has 2 N–H and O–H groups in total. The first-order valence-corrected chi connectivity index (χ1v) is 9.88. The normalized spacial score (nSPS) is 18.6. The molecule has 0 aromatic rings. The van der Waals surface area contributed by atoms with Crippen molar-refractivity contribution in [3.63, 3.8) is 0 Å². The van der Waals surface area contributed by atoms with Crippen molar-refractivity contribution in [3.05, 3.63) is 0 Å². The minimum Gasteiger partial charge on any atom is -0.356 e. The largest absolute Gasteiger partial charge is 0.511 e. The van der Waals surface area contributed by atoms with E-state index in [0.29, 0.717) is 29.8 Å². The maximum absolute atomic E-state index is 12.5. The van der Waals surface area contributed by atoms with Crippen LogP contribution in [0.3, 0.4) is 0 Å². The monoisotopic (exact) mass is 426 g/mol. The van der Waals surface area contributed by atoms with E-state index in [0.717, 1.165) is 0 Å². The molecule has 0 saturated carbocycles. The topological polar surface area (TPSA) is 73.8 Å². The Bertz CT molecular complexity index is 583. The van der Waals surface area contributed by atoms with Gasteiger partial charge in [-0.3, -0.25) is 4.99 Å². The van der Waals surface area contributed by atoms with Gasteiger partial charge in [0.25, 0.3) is 0 Å². The summed E-state index contributed by atoms with van der Waals surface area (Å²) in [4.78, 5) is 3.92. The summed E-state index contributed by atoms with van der Waals surface area (Å²) in [6.45, 7) is 0.259. The van der Waals surface area contributed by atoms with Gasteiger partial charge in [-0.15, -0.1) is 0 Å². The summed E-state index contributed by atoms with van der Waals surface area (Å²) in [5.74, 6) is 0.348. The molecule has 0 aromatic carbocycles. The number of hydrogen-bond acceptors (Lipinski definition) is 3. The first-order valence-electron chi connectivity index (χ1n) is 8.44. The first-order chi connectivity index (χ1) is 12.4. The third kappa shape index (κ3) is 8.11. The van der Waals surface area contributed by atoms with E-state index in [1.165, 1.54) is 7.05 Å². The van der Waals surface area contributed by atoms with Crippen molar-refractivity contribution in [2.75, 3.05) is 33.2 Å². The molecular formula is C14H24F6N4O2S. The van der Waals surface area contributed by atoms with Gasteiger partial charge in [-0.05, 0) is 31.6 Å². The lowest BCUT2D eigenvalue weighted by atomic mass is 9.98. The maximum Gasteiger partial charge on any atom is 0.511 e. The Morgan fingerprint density at radius 3 is 2.15 bits per heavy atom. The smallest absolute Gasteiger partial charge is 0.356 e. The van der Waals surface area contributed by atoms with E-state index in [1.807, 2.05) is 0 Å². The number of aliphatic imine (C=N–C) groups is 1. The molecule has 0 amide bonds. The number of nitrogens with zero attached hydrogens (tertiary/aromatic N) is 2. The lowest BCUT2D eigenvalue weighted by molar-refractivity contribution is -0.135. The van der Waals surface area contributed by atoms with E-state index in [4.69, 9.17) is 0 Å². The fraction of sp³-hybridized carbons (Fsp3) is 0.929. The first kappa shape index (κ1) is 23.8. The number of halogens is 6. The van der Waals surface area contributed by atoms with Crippen molar-refractivity contribution in [2.45, 2.75) is 43.8 Å². The van der Waals surface area contributed by atoms with Crippen molar-refractivity contribution in [3.8, 4) is 0 Å². The minimum atomic E-state index is -5.30. The third-order valence-electron chi connectivity index (χ3n) is 4.17. The molecule has 6 nitrogen and oxygen atoms in total. The average Bonchev–Trinajstić information content (AvgIpc) is 2.55. The van der Waals surface area contributed by atoms with Gasteiger partial charge in [0.15, 0.2) is 5.96 Å². The molecule has 1 saturated heterocycles. The van der Waals surface area contributed by atoms with Crippen molar-refractivity contribution < 1.29 is 34.8 Å². The highest BCUT2D eigenvalue weighted by atomic mass is 32.2. The highest BCUT2D eigenvalue weighted by Crippen LogP contribution is 2.30. The van der Waals surface area contributed by atoms with E-state index in [2.05, 4.69) is 15.6 Å². The quantitative estimate of drug-likeness (QED) is 0.284. The van der Waals surface area contributed by atoms with Gasteiger partial charge in [0.2, 0.25) is 0 Å². The van der Waals surface area contributed by atoms with Crippen LogP contribution in [0.5, 0.6) is 0 Å². The molecule has 1 rings (SSSR count). The number of hydrogen-bond donors (Lipinski definition) is 2. The molecule has 1 aliphatic heterocycles. The lowest BCUT2D eigenvalue weighted by Crippen LogP contribution is -2.47. The summed E-state index contributed by atoms with van der Waals surface area (Å²) >= 11 is 0. The summed E-state index contributed by atoms with van der Waals surface area (Å²) in [7, 11) is -3.80. The SMILES string of the molecule is CN=C(NCCCCC(F)(F)F)NCC1CCN(S(=O)(=O)C(F)(F)F)CC1. The van der Waals surface area contributed by atoms with Crippen LogP contribution in [0.15, 0.2) is 4.99 Å². The predicted octanol–water partition coefficient (Wildman–Crippen LogP) is 2.45. The van der Waals surface area contributed by atoms with Crippen LogP contribution in [0.4, 0.5) is 26.3 Å². The Morgan fingerprint density at radius 2 is 1.67 bits per heavy atom. The molecule has 0 radical (unpaired) electrons. The molecule has 0 spiro atoms. The van der Waals surface area contributed by atoms with Gasteiger partial charge >= 0.3 is 21.7 Å². The Labute approximate surface area is 154 Å². The van der Waals surface area contributed by atoms with Gasteiger partial charge in [-0.2, -0.15) is 30.6 Å². The van der Waals surface area contributed by atoms with Gasteiger partial charge in [-0.25, -0.2) is 8.42 Å². The zero-order valence-electron chi connectivity index (χ0n) is 14.8.